The maximum absolute atomic E-state index is 12.9. The Kier molecular flexibility index (Phi) is 5.02. The van der Waals surface area contributed by atoms with Crippen molar-refractivity contribution in [1.29, 1.82) is 0 Å². The van der Waals surface area contributed by atoms with Crippen LogP contribution in [0.2, 0.25) is 0 Å². The van der Waals surface area contributed by atoms with E-state index in [-0.39, 0.29) is 5.91 Å². The minimum absolute atomic E-state index is 0.0760. The van der Waals surface area contributed by atoms with E-state index in [0.717, 1.165) is 17.0 Å². The van der Waals surface area contributed by atoms with Gasteiger partial charge in [-0.3, -0.25) is 9.79 Å². The molecule has 0 aromatic heterocycles. The SMILES string of the molecule is COc1ccc(C=NC2C(=O)N(c3ccccc3)[N+](C)=C2C)cc1OC. The lowest BCUT2D eigenvalue weighted by molar-refractivity contribution is -0.495. The first kappa shape index (κ1) is 17.7. The predicted molar refractivity (Wildman–Crippen MR) is 102 cm³/mol. The van der Waals surface area contributed by atoms with E-state index in [9.17, 15) is 4.79 Å². The number of nitrogens with zero attached hydrogens (tertiary/aromatic N) is 3. The summed E-state index contributed by atoms with van der Waals surface area (Å²) < 4.78 is 12.4. The third kappa shape index (κ3) is 3.18. The topological polar surface area (TPSA) is 54.1 Å². The first-order chi connectivity index (χ1) is 12.6. The van der Waals surface area contributed by atoms with Gasteiger partial charge in [0, 0.05) is 13.1 Å². The molecule has 0 saturated carbocycles. The lowest BCUT2D eigenvalue weighted by Crippen LogP contribution is -2.35. The number of para-hydroxylation sites is 1. The third-order valence-electron chi connectivity index (χ3n) is 4.43. The molecular weight excluding hydrogens is 330 g/mol. The van der Waals surface area contributed by atoms with Gasteiger partial charge in [0.15, 0.2) is 18.5 Å². The molecule has 2 aromatic rings. The number of anilines is 1. The number of hydrogen-bond donors (Lipinski definition) is 0. The van der Waals surface area contributed by atoms with Crippen LogP contribution in [0.25, 0.3) is 0 Å². The normalized spacial score (nSPS) is 17.3. The number of benzene rings is 2. The number of hydrazone groups is 1. The Morgan fingerprint density at radius 3 is 2.42 bits per heavy atom. The molecule has 0 radical (unpaired) electrons. The average molecular weight is 352 g/mol. The number of carbonyl (C=O) groups is 1. The largest absolute Gasteiger partial charge is 0.493 e. The molecule has 1 atom stereocenters. The van der Waals surface area contributed by atoms with Crippen LogP contribution < -0.4 is 14.5 Å². The molecule has 26 heavy (non-hydrogen) atoms. The quantitative estimate of drug-likeness (QED) is 0.614. The Bertz CT molecular complexity index is 875. The fourth-order valence-corrected chi connectivity index (χ4v) is 2.91. The van der Waals surface area contributed by atoms with Crippen LogP contribution in [-0.2, 0) is 4.79 Å². The summed E-state index contributed by atoms with van der Waals surface area (Å²) in [6.07, 6.45) is 1.69. The molecule has 6 nitrogen and oxygen atoms in total. The van der Waals surface area contributed by atoms with Crippen molar-refractivity contribution >= 4 is 23.5 Å². The number of hydrazine groups is 1. The zero-order valence-electron chi connectivity index (χ0n) is 15.3. The van der Waals surface area contributed by atoms with Crippen LogP contribution >= 0.6 is 0 Å². The van der Waals surface area contributed by atoms with Crippen LogP contribution in [0.3, 0.4) is 0 Å². The molecule has 1 aliphatic rings. The molecular formula is C20H22N3O3+. The van der Waals surface area contributed by atoms with Crippen LogP contribution in [0, 0.1) is 0 Å². The summed E-state index contributed by atoms with van der Waals surface area (Å²) in [6.45, 7) is 1.91. The average Bonchev–Trinajstić information content (AvgIpc) is 2.89. The van der Waals surface area contributed by atoms with Crippen molar-refractivity contribution in [3.8, 4) is 11.5 Å². The van der Waals surface area contributed by atoms with Crippen molar-refractivity contribution in [2.45, 2.75) is 13.0 Å². The Labute approximate surface area is 153 Å². The molecule has 0 N–H and O–H groups in total. The lowest BCUT2D eigenvalue weighted by Gasteiger charge is -2.11. The number of methoxy groups -OCH3 is 2. The van der Waals surface area contributed by atoms with Gasteiger partial charge in [-0.05, 0) is 35.9 Å². The monoisotopic (exact) mass is 352 g/mol. The summed E-state index contributed by atoms with van der Waals surface area (Å²) in [5.41, 5.74) is 2.53. The van der Waals surface area contributed by atoms with E-state index in [1.807, 2.05) is 67.2 Å². The van der Waals surface area contributed by atoms with Crippen LogP contribution in [0.15, 0.2) is 53.5 Å². The van der Waals surface area contributed by atoms with Gasteiger partial charge in [-0.15, -0.1) is 4.68 Å². The molecule has 0 saturated heterocycles. The Morgan fingerprint density at radius 1 is 1.08 bits per heavy atom. The fourth-order valence-electron chi connectivity index (χ4n) is 2.91. The van der Waals surface area contributed by atoms with Gasteiger partial charge >= 0.3 is 5.91 Å². The summed E-state index contributed by atoms with van der Waals surface area (Å²) in [4.78, 5) is 17.4. The van der Waals surface area contributed by atoms with Gasteiger partial charge in [0.05, 0.1) is 14.2 Å². The predicted octanol–water partition coefficient (Wildman–Crippen LogP) is 2.56. The van der Waals surface area contributed by atoms with Gasteiger partial charge in [0.1, 0.15) is 5.69 Å². The number of aliphatic imine (C=N–C) groups is 1. The number of rotatable bonds is 5. The number of hydrogen-bond acceptors (Lipinski definition) is 4. The molecule has 134 valence electrons. The van der Waals surface area contributed by atoms with E-state index in [0.29, 0.717) is 11.5 Å². The molecule has 1 amide bonds. The highest BCUT2D eigenvalue weighted by atomic mass is 16.5. The van der Waals surface area contributed by atoms with Crippen molar-refractivity contribution in [1.82, 2.24) is 0 Å². The van der Waals surface area contributed by atoms with E-state index < -0.39 is 6.04 Å². The maximum Gasteiger partial charge on any atom is 0.318 e. The molecule has 2 aromatic carbocycles. The van der Waals surface area contributed by atoms with Crippen molar-refractivity contribution in [2.75, 3.05) is 26.3 Å². The summed E-state index contributed by atoms with van der Waals surface area (Å²) in [5.74, 6) is 1.20. The van der Waals surface area contributed by atoms with E-state index in [1.165, 1.54) is 0 Å². The number of ether oxygens (including phenoxy) is 2. The molecule has 6 heteroatoms. The van der Waals surface area contributed by atoms with Gasteiger partial charge < -0.3 is 9.47 Å². The smallest absolute Gasteiger partial charge is 0.318 e. The molecule has 0 spiro atoms. The first-order valence-electron chi connectivity index (χ1n) is 8.28. The molecule has 1 aliphatic heterocycles. The van der Waals surface area contributed by atoms with Crippen molar-refractivity contribution in [2.24, 2.45) is 4.99 Å². The van der Waals surface area contributed by atoms with Crippen LogP contribution in [0.4, 0.5) is 5.69 Å². The second kappa shape index (κ2) is 7.39. The third-order valence-corrected chi connectivity index (χ3v) is 4.43. The van der Waals surface area contributed by atoms with Crippen LogP contribution in [0.5, 0.6) is 11.5 Å². The van der Waals surface area contributed by atoms with E-state index >= 15 is 0 Å². The summed E-state index contributed by atoms with van der Waals surface area (Å²) in [7, 11) is 5.05. The molecule has 0 aliphatic carbocycles. The minimum Gasteiger partial charge on any atom is -0.493 e. The van der Waals surface area contributed by atoms with Gasteiger partial charge in [-0.1, -0.05) is 23.2 Å². The summed E-state index contributed by atoms with van der Waals surface area (Å²) >= 11 is 0. The first-order valence-corrected chi connectivity index (χ1v) is 8.28. The fraction of sp³-hybridized carbons (Fsp3) is 0.250. The molecule has 0 bridgehead atoms. The van der Waals surface area contributed by atoms with Crippen molar-refractivity contribution in [3.63, 3.8) is 0 Å². The van der Waals surface area contributed by atoms with Gasteiger partial charge in [0.25, 0.3) is 0 Å². The molecule has 0 fully saturated rings. The van der Waals surface area contributed by atoms with E-state index in [1.54, 1.807) is 25.4 Å². The Morgan fingerprint density at radius 2 is 1.77 bits per heavy atom. The van der Waals surface area contributed by atoms with Gasteiger partial charge in [-0.2, -0.15) is 0 Å². The summed E-state index contributed by atoms with van der Waals surface area (Å²) in [6, 6.07) is 14.5. The second-order valence-corrected chi connectivity index (χ2v) is 5.95. The standard InChI is InChI=1S/C20H22N3O3/c1-14-19(20(24)23(22(14)2)16-8-6-5-7-9-16)21-13-15-10-11-17(25-3)18(12-15)26-4/h5-13,19H,1-4H3/q+1. The van der Waals surface area contributed by atoms with Crippen molar-refractivity contribution in [3.05, 3.63) is 54.1 Å². The highest BCUT2D eigenvalue weighted by Gasteiger charge is 2.44. The minimum atomic E-state index is -0.548. The van der Waals surface area contributed by atoms with Gasteiger partial charge in [0.2, 0.25) is 11.8 Å². The van der Waals surface area contributed by atoms with Crippen LogP contribution in [0.1, 0.15) is 12.5 Å². The van der Waals surface area contributed by atoms with E-state index in [2.05, 4.69) is 4.99 Å². The molecule has 3 rings (SSSR count). The lowest BCUT2D eigenvalue weighted by atomic mass is 10.2. The highest BCUT2D eigenvalue weighted by molar-refractivity contribution is 6.15. The summed E-state index contributed by atoms with van der Waals surface area (Å²) in [5, 5.41) is 1.64. The highest BCUT2D eigenvalue weighted by Crippen LogP contribution is 2.27. The zero-order valence-corrected chi connectivity index (χ0v) is 15.3. The molecule has 1 heterocycles. The van der Waals surface area contributed by atoms with Crippen molar-refractivity contribution < 1.29 is 19.0 Å². The second-order valence-electron chi connectivity index (χ2n) is 5.95. The van der Waals surface area contributed by atoms with Gasteiger partial charge in [-0.25, -0.2) is 0 Å². The Hall–Kier alpha value is -3.15. The number of amides is 1. The zero-order chi connectivity index (χ0) is 18.7. The Balaban J connectivity index is 1.86. The maximum atomic E-state index is 12.9. The number of carbonyl (C=O) groups excluding carboxylic acids is 1. The van der Waals surface area contributed by atoms with Crippen LogP contribution in [-0.4, -0.2) is 49.8 Å². The van der Waals surface area contributed by atoms with E-state index in [4.69, 9.17) is 9.47 Å². The molecule has 1 unspecified atom stereocenters.